The van der Waals surface area contributed by atoms with Gasteiger partial charge in [-0.3, -0.25) is 0 Å². The zero-order valence-corrected chi connectivity index (χ0v) is 14.8. The van der Waals surface area contributed by atoms with Crippen LogP contribution in [-0.4, -0.2) is 19.9 Å². The third kappa shape index (κ3) is 3.35. The van der Waals surface area contributed by atoms with Crippen LogP contribution in [0.1, 0.15) is 11.1 Å². The number of nitrogens with zero attached hydrogens (tertiary/aromatic N) is 4. The van der Waals surface area contributed by atoms with Gasteiger partial charge in [-0.05, 0) is 17.2 Å². The molecule has 7 nitrogen and oxygen atoms in total. The lowest BCUT2D eigenvalue weighted by Gasteiger charge is -2.09. The van der Waals surface area contributed by atoms with Crippen LogP contribution in [-0.2, 0) is 6.42 Å². The first-order valence-electron chi connectivity index (χ1n) is 8.41. The Bertz CT molecular complexity index is 1240. The minimum absolute atomic E-state index is 0.0368. The summed E-state index contributed by atoms with van der Waals surface area (Å²) < 4.78 is 40.4. The molecule has 10 heteroatoms. The first kappa shape index (κ1) is 18.4. The van der Waals surface area contributed by atoms with Crippen LogP contribution in [0.25, 0.3) is 22.4 Å². The molecule has 0 spiro atoms. The summed E-state index contributed by atoms with van der Waals surface area (Å²) in [7, 11) is 0. The number of rotatable bonds is 3. The lowest BCUT2D eigenvalue weighted by molar-refractivity contribution is 0.442. The van der Waals surface area contributed by atoms with E-state index in [-0.39, 0.29) is 40.7 Å². The van der Waals surface area contributed by atoms with Gasteiger partial charge in [0.05, 0.1) is 0 Å². The van der Waals surface area contributed by atoms with Gasteiger partial charge in [-0.15, -0.1) is 0 Å². The minimum Gasteiger partial charge on any atom is -0.382 e. The molecule has 0 aliphatic heterocycles. The fraction of sp³-hybridized carbons (Fsp3) is 0.0526. The van der Waals surface area contributed by atoms with Gasteiger partial charge in [0, 0.05) is 12.0 Å². The van der Waals surface area contributed by atoms with E-state index in [0.29, 0.717) is 16.8 Å². The summed E-state index contributed by atoms with van der Waals surface area (Å²) in [5.74, 6) is -3.75. The second kappa shape index (κ2) is 6.89. The lowest BCUT2D eigenvalue weighted by atomic mass is 10.0. The van der Waals surface area contributed by atoms with Crippen LogP contribution < -0.4 is 17.2 Å². The number of hydrogen-bond acceptors (Lipinski definition) is 7. The Balaban J connectivity index is 1.68. The number of fused-ring (bicyclic) bond motifs is 1. The molecular weight excluding hydrogens is 383 g/mol. The van der Waals surface area contributed by atoms with E-state index >= 15 is 0 Å². The molecule has 0 radical (unpaired) electrons. The highest BCUT2D eigenvalue weighted by molar-refractivity contribution is 5.87. The summed E-state index contributed by atoms with van der Waals surface area (Å²) in [4.78, 5) is 16.4. The Kier molecular flexibility index (Phi) is 4.38. The highest BCUT2D eigenvalue weighted by Crippen LogP contribution is 2.27. The maximum absolute atomic E-state index is 13.9. The molecular formula is C19H14F3N7. The van der Waals surface area contributed by atoms with Crippen LogP contribution in [0.4, 0.5) is 30.8 Å². The molecule has 2 aromatic heterocycles. The average molecular weight is 397 g/mol. The third-order valence-electron chi connectivity index (χ3n) is 4.34. The van der Waals surface area contributed by atoms with Crippen LogP contribution in [0.2, 0.25) is 0 Å². The minimum atomic E-state index is -1.49. The SMILES string of the molecule is Nc1nc(N)c2nc(-c3ccc(Cc4ccc(F)c(F)c4F)cc3)c(N)nc2n1. The standard InChI is InChI=1S/C19H14F3N7/c20-11-6-5-10(12(21)13(11)22)7-8-1-3-9(4-2-8)14-16(23)27-18-15(26-14)17(24)28-19(25)29-18/h1-6H,7H2,(H6,23,24,25,27,28,29). The smallest absolute Gasteiger partial charge is 0.224 e. The Hall–Kier alpha value is -3.95. The zero-order valence-electron chi connectivity index (χ0n) is 14.8. The molecule has 0 saturated heterocycles. The van der Waals surface area contributed by atoms with Crippen LogP contribution in [0.5, 0.6) is 0 Å². The Morgan fingerprint density at radius 1 is 0.724 bits per heavy atom. The van der Waals surface area contributed by atoms with E-state index in [9.17, 15) is 13.2 Å². The molecule has 0 aliphatic carbocycles. The number of aromatic nitrogens is 4. The van der Waals surface area contributed by atoms with Crippen molar-refractivity contribution in [3.8, 4) is 11.3 Å². The lowest BCUT2D eigenvalue weighted by Crippen LogP contribution is -2.06. The number of hydrogen-bond donors (Lipinski definition) is 3. The van der Waals surface area contributed by atoms with E-state index in [2.05, 4.69) is 19.9 Å². The van der Waals surface area contributed by atoms with Gasteiger partial charge in [0.15, 0.2) is 40.3 Å². The van der Waals surface area contributed by atoms with Gasteiger partial charge in [0.25, 0.3) is 0 Å². The van der Waals surface area contributed by atoms with Crippen LogP contribution in [0, 0.1) is 17.5 Å². The molecule has 0 unspecified atom stereocenters. The highest BCUT2D eigenvalue weighted by Gasteiger charge is 2.15. The highest BCUT2D eigenvalue weighted by atomic mass is 19.2. The Morgan fingerprint density at radius 2 is 1.45 bits per heavy atom. The average Bonchev–Trinajstić information content (AvgIpc) is 2.68. The van der Waals surface area contributed by atoms with Crippen LogP contribution >= 0.6 is 0 Å². The Labute approximate surface area is 162 Å². The van der Waals surface area contributed by atoms with Crippen molar-refractivity contribution in [3.63, 3.8) is 0 Å². The molecule has 146 valence electrons. The van der Waals surface area contributed by atoms with Gasteiger partial charge < -0.3 is 17.2 Å². The molecule has 0 fully saturated rings. The van der Waals surface area contributed by atoms with E-state index in [1.54, 1.807) is 24.3 Å². The molecule has 2 heterocycles. The predicted molar refractivity (Wildman–Crippen MR) is 103 cm³/mol. The first-order chi connectivity index (χ1) is 13.8. The summed E-state index contributed by atoms with van der Waals surface area (Å²) in [5.41, 5.74) is 19.5. The zero-order chi connectivity index (χ0) is 20.7. The van der Waals surface area contributed by atoms with Gasteiger partial charge in [-0.1, -0.05) is 30.3 Å². The molecule has 0 amide bonds. The van der Waals surface area contributed by atoms with Crippen molar-refractivity contribution in [2.75, 3.05) is 17.2 Å². The second-order valence-corrected chi connectivity index (χ2v) is 6.30. The summed E-state index contributed by atoms with van der Waals surface area (Å²) in [6, 6.07) is 8.91. The Morgan fingerprint density at radius 3 is 2.17 bits per heavy atom. The van der Waals surface area contributed by atoms with Crippen molar-refractivity contribution in [2.24, 2.45) is 0 Å². The number of halogens is 3. The van der Waals surface area contributed by atoms with E-state index in [4.69, 9.17) is 17.2 Å². The van der Waals surface area contributed by atoms with E-state index in [0.717, 1.165) is 6.07 Å². The van der Waals surface area contributed by atoms with Crippen LogP contribution in [0.15, 0.2) is 36.4 Å². The first-order valence-corrected chi connectivity index (χ1v) is 8.41. The van der Waals surface area contributed by atoms with Gasteiger partial charge in [0.1, 0.15) is 5.69 Å². The maximum atomic E-state index is 13.9. The molecule has 2 aromatic carbocycles. The van der Waals surface area contributed by atoms with E-state index in [1.165, 1.54) is 6.07 Å². The summed E-state index contributed by atoms with van der Waals surface area (Å²) >= 11 is 0. The van der Waals surface area contributed by atoms with Crippen LogP contribution in [0.3, 0.4) is 0 Å². The molecule has 6 N–H and O–H groups in total. The van der Waals surface area contributed by atoms with Crippen molar-refractivity contribution < 1.29 is 13.2 Å². The molecule has 0 saturated carbocycles. The third-order valence-corrected chi connectivity index (χ3v) is 4.34. The molecule has 0 bridgehead atoms. The number of anilines is 3. The number of nitrogens with two attached hydrogens (primary N) is 3. The largest absolute Gasteiger partial charge is 0.382 e. The fourth-order valence-electron chi connectivity index (χ4n) is 2.91. The second-order valence-electron chi connectivity index (χ2n) is 6.30. The summed E-state index contributed by atoms with van der Waals surface area (Å²) in [6.45, 7) is 0. The molecule has 29 heavy (non-hydrogen) atoms. The molecule has 4 aromatic rings. The van der Waals surface area contributed by atoms with Crippen molar-refractivity contribution in [1.29, 1.82) is 0 Å². The monoisotopic (exact) mass is 397 g/mol. The van der Waals surface area contributed by atoms with Gasteiger partial charge >= 0.3 is 0 Å². The van der Waals surface area contributed by atoms with Gasteiger partial charge in [-0.2, -0.15) is 9.97 Å². The van der Waals surface area contributed by atoms with Gasteiger partial charge in [-0.25, -0.2) is 23.1 Å². The summed E-state index contributed by atoms with van der Waals surface area (Å²) in [6.07, 6.45) is 0.0856. The maximum Gasteiger partial charge on any atom is 0.224 e. The van der Waals surface area contributed by atoms with Crippen molar-refractivity contribution in [1.82, 2.24) is 19.9 Å². The van der Waals surface area contributed by atoms with E-state index < -0.39 is 17.5 Å². The topological polar surface area (TPSA) is 130 Å². The quantitative estimate of drug-likeness (QED) is 0.453. The molecule has 0 atom stereocenters. The fourth-order valence-corrected chi connectivity index (χ4v) is 2.91. The van der Waals surface area contributed by atoms with Crippen molar-refractivity contribution in [2.45, 2.75) is 6.42 Å². The van der Waals surface area contributed by atoms with E-state index in [1.807, 2.05) is 0 Å². The van der Waals surface area contributed by atoms with Gasteiger partial charge in [0.2, 0.25) is 5.95 Å². The predicted octanol–water partition coefficient (Wildman–Crippen LogP) is 2.84. The van der Waals surface area contributed by atoms with Crippen molar-refractivity contribution in [3.05, 3.63) is 65.0 Å². The molecule has 4 rings (SSSR count). The normalized spacial score (nSPS) is 11.1. The number of nitrogen functional groups attached to an aromatic ring is 3. The summed E-state index contributed by atoms with van der Waals surface area (Å²) in [5, 5.41) is 0. The number of benzene rings is 2. The molecule has 0 aliphatic rings. The van der Waals surface area contributed by atoms with Crippen molar-refractivity contribution >= 4 is 28.7 Å².